The van der Waals surface area contributed by atoms with Gasteiger partial charge >= 0.3 is 0 Å². The molecule has 0 spiro atoms. The number of epoxide rings is 2. The molecule has 0 aromatic heterocycles. The minimum Gasteiger partial charge on any atom is -0.387 e. The standard InChI is InChI=1S/2C6H8O3.2C3H8.2C2H6/c2*7-3-1-2-4-6(9-4)5(3)8;2*1-3-2;2*1-2/h2*1-8H;2*3H2,1-2H3;2*1-2H3/t2*3-,4?,5-,6?;;;;/m10..../s1. The van der Waals surface area contributed by atoms with Gasteiger partial charge in [0.15, 0.2) is 0 Å². The van der Waals surface area contributed by atoms with E-state index in [-0.39, 0.29) is 24.4 Å². The average Bonchev–Trinajstić information content (AvgIpc) is 3.61. The molecule has 2 fully saturated rings. The molecule has 4 unspecified atom stereocenters. The Morgan fingerprint density at radius 3 is 1.04 bits per heavy atom. The molecule has 0 amide bonds. The number of rotatable bonds is 0. The predicted octanol–water partition coefficient (Wildman–Crippen LogP) is 2.98. The van der Waals surface area contributed by atoms with Gasteiger partial charge in [0.05, 0.1) is 0 Å². The molecule has 168 valence electrons. The van der Waals surface area contributed by atoms with Crippen LogP contribution >= 0.6 is 0 Å². The van der Waals surface area contributed by atoms with Gasteiger partial charge in [-0.25, -0.2) is 0 Å². The zero-order valence-electron chi connectivity index (χ0n) is 18.9. The predicted molar refractivity (Wildman–Crippen MR) is 114 cm³/mol. The Labute approximate surface area is 171 Å². The first-order valence-corrected chi connectivity index (χ1v) is 10.8. The third kappa shape index (κ3) is 10.7. The van der Waals surface area contributed by atoms with Crippen molar-refractivity contribution in [3.8, 4) is 0 Å². The van der Waals surface area contributed by atoms with E-state index in [0.29, 0.717) is 0 Å². The van der Waals surface area contributed by atoms with E-state index in [2.05, 4.69) is 27.7 Å². The second kappa shape index (κ2) is 17.1. The highest BCUT2D eigenvalue weighted by molar-refractivity contribution is 5.16. The molecule has 0 aromatic rings. The van der Waals surface area contributed by atoms with Gasteiger partial charge < -0.3 is 29.9 Å². The van der Waals surface area contributed by atoms with Crippen LogP contribution in [0.1, 0.15) is 68.2 Å². The van der Waals surface area contributed by atoms with Crippen LogP contribution in [0.3, 0.4) is 0 Å². The van der Waals surface area contributed by atoms with Gasteiger partial charge in [-0.2, -0.15) is 0 Å². The molecule has 4 rings (SSSR count). The molecule has 6 heteroatoms. The Morgan fingerprint density at radius 1 is 0.571 bits per heavy atom. The molecule has 0 aromatic carbocycles. The molecule has 4 aliphatic rings. The zero-order valence-corrected chi connectivity index (χ0v) is 18.9. The summed E-state index contributed by atoms with van der Waals surface area (Å²) in [5.41, 5.74) is 0. The SMILES string of the molecule is CC.CC.CCC.CCC.O[C@@H]1C2OC2C=C[C@@H]1O.O[C@@H]1C=CC2OC2[C@@H]1O. The summed E-state index contributed by atoms with van der Waals surface area (Å²) in [4.78, 5) is 0. The fourth-order valence-corrected chi connectivity index (χ4v) is 2.19. The minimum absolute atomic E-state index is 0.0726. The first-order valence-electron chi connectivity index (χ1n) is 10.8. The van der Waals surface area contributed by atoms with Gasteiger partial charge in [0.25, 0.3) is 0 Å². The summed E-state index contributed by atoms with van der Waals surface area (Å²) in [5.74, 6) is 0. The van der Waals surface area contributed by atoms with Gasteiger partial charge in [0, 0.05) is 0 Å². The van der Waals surface area contributed by atoms with E-state index in [9.17, 15) is 0 Å². The van der Waals surface area contributed by atoms with Crippen molar-refractivity contribution in [2.75, 3.05) is 0 Å². The molecule has 28 heavy (non-hydrogen) atoms. The van der Waals surface area contributed by atoms with Gasteiger partial charge in [-0.3, -0.25) is 0 Å². The van der Waals surface area contributed by atoms with Crippen molar-refractivity contribution in [1.29, 1.82) is 0 Å². The number of ether oxygens (including phenoxy) is 2. The van der Waals surface area contributed by atoms with Crippen LogP contribution in [-0.4, -0.2) is 69.3 Å². The first kappa shape index (κ1) is 29.4. The molecule has 2 aliphatic heterocycles. The van der Waals surface area contributed by atoms with E-state index >= 15 is 0 Å². The summed E-state index contributed by atoms with van der Waals surface area (Å²) in [7, 11) is 0. The lowest BCUT2D eigenvalue weighted by atomic mass is 10.0. The van der Waals surface area contributed by atoms with Gasteiger partial charge in [-0.15, -0.1) is 0 Å². The van der Waals surface area contributed by atoms with E-state index in [1.54, 1.807) is 24.3 Å². The fraction of sp³-hybridized carbons (Fsp3) is 0.818. The lowest BCUT2D eigenvalue weighted by molar-refractivity contribution is 0.0287. The van der Waals surface area contributed by atoms with Crippen LogP contribution in [0.25, 0.3) is 0 Å². The Morgan fingerprint density at radius 2 is 0.821 bits per heavy atom. The molecular formula is C22H44O6. The number of hydrogen-bond donors (Lipinski definition) is 4. The summed E-state index contributed by atoms with van der Waals surface area (Å²) in [6, 6.07) is 0. The van der Waals surface area contributed by atoms with Crippen molar-refractivity contribution in [3.05, 3.63) is 24.3 Å². The first-order chi connectivity index (χ1) is 13.4. The molecule has 2 saturated heterocycles. The largest absolute Gasteiger partial charge is 0.387 e. The molecule has 2 aliphatic carbocycles. The van der Waals surface area contributed by atoms with E-state index < -0.39 is 24.4 Å². The maximum atomic E-state index is 9.06. The van der Waals surface area contributed by atoms with Gasteiger partial charge in [-0.1, -0.05) is 92.5 Å². The van der Waals surface area contributed by atoms with Crippen molar-refractivity contribution >= 4 is 0 Å². The van der Waals surface area contributed by atoms with Crippen LogP contribution in [0, 0.1) is 0 Å². The molecule has 0 radical (unpaired) electrons. The third-order valence-electron chi connectivity index (χ3n) is 3.49. The Balaban J connectivity index is 0. The lowest BCUT2D eigenvalue weighted by Crippen LogP contribution is -2.32. The highest BCUT2D eigenvalue weighted by Gasteiger charge is 2.48. The molecule has 2 heterocycles. The van der Waals surface area contributed by atoms with Gasteiger partial charge in [0.1, 0.15) is 48.8 Å². The van der Waals surface area contributed by atoms with Gasteiger partial charge in [0.2, 0.25) is 0 Å². The number of hydrogen-bond acceptors (Lipinski definition) is 6. The number of aliphatic hydroxyl groups excluding tert-OH is 4. The molecule has 8 atom stereocenters. The molecule has 0 bridgehead atoms. The second-order valence-corrected chi connectivity index (χ2v) is 6.28. The van der Waals surface area contributed by atoms with Crippen LogP contribution < -0.4 is 0 Å². The zero-order chi connectivity index (χ0) is 22.3. The van der Waals surface area contributed by atoms with Gasteiger partial charge in [-0.05, 0) is 0 Å². The molecule has 4 N–H and O–H groups in total. The third-order valence-corrected chi connectivity index (χ3v) is 3.49. The highest BCUT2D eigenvalue weighted by atomic mass is 16.6. The highest BCUT2D eigenvalue weighted by Crippen LogP contribution is 2.32. The molecule has 6 nitrogen and oxygen atoms in total. The summed E-state index contributed by atoms with van der Waals surface area (Å²) >= 11 is 0. The Hall–Kier alpha value is -0.760. The van der Waals surface area contributed by atoms with Crippen molar-refractivity contribution in [3.63, 3.8) is 0 Å². The topological polar surface area (TPSA) is 106 Å². The summed E-state index contributed by atoms with van der Waals surface area (Å²) < 4.78 is 9.93. The maximum Gasteiger partial charge on any atom is 0.117 e. The van der Waals surface area contributed by atoms with Crippen LogP contribution in [0.5, 0.6) is 0 Å². The smallest absolute Gasteiger partial charge is 0.117 e. The Kier molecular flexibility index (Phi) is 18.0. The quantitative estimate of drug-likeness (QED) is 0.365. The van der Waals surface area contributed by atoms with Crippen molar-refractivity contribution in [2.24, 2.45) is 0 Å². The monoisotopic (exact) mass is 404 g/mol. The normalized spacial score (nSPS) is 37.0. The molecule has 0 saturated carbocycles. The summed E-state index contributed by atoms with van der Waals surface area (Å²) in [6.07, 6.45) is 6.20. The Bertz CT molecular complexity index is 374. The minimum atomic E-state index is -0.728. The summed E-state index contributed by atoms with van der Waals surface area (Å²) in [5, 5.41) is 36.0. The molecular weight excluding hydrogens is 360 g/mol. The van der Waals surface area contributed by atoms with E-state index in [1.165, 1.54) is 12.8 Å². The van der Waals surface area contributed by atoms with Crippen LogP contribution in [0.4, 0.5) is 0 Å². The van der Waals surface area contributed by atoms with Crippen LogP contribution in [0.15, 0.2) is 24.3 Å². The number of aliphatic hydroxyl groups is 4. The second-order valence-electron chi connectivity index (χ2n) is 6.28. The van der Waals surface area contributed by atoms with Crippen LogP contribution in [-0.2, 0) is 9.47 Å². The van der Waals surface area contributed by atoms with E-state index in [0.717, 1.165) is 0 Å². The number of fused-ring (bicyclic) bond motifs is 2. The van der Waals surface area contributed by atoms with E-state index in [4.69, 9.17) is 29.9 Å². The van der Waals surface area contributed by atoms with Crippen LogP contribution in [0.2, 0.25) is 0 Å². The lowest BCUT2D eigenvalue weighted by Gasteiger charge is -2.13. The summed E-state index contributed by atoms with van der Waals surface area (Å²) in [6.45, 7) is 16.5. The average molecular weight is 405 g/mol. The van der Waals surface area contributed by atoms with Crippen molar-refractivity contribution < 1.29 is 29.9 Å². The fourth-order valence-electron chi connectivity index (χ4n) is 2.19. The van der Waals surface area contributed by atoms with Crippen molar-refractivity contribution in [2.45, 2.75) is 117 Å². The van der Waals surface area contributed by atoms with E-state index in [1.807, 2.05) is 27.7 Å². The maximum absolute atomic E-state index is 9.06. The van der Waals surface area contributed by atoms with Crippen molar-refractivity contribution in [1.82, 2.24) is 0 Å².